The van der Waals surface area contributed by atoms with Crippen molar-refractivity contribution in [2.24, 2.45) is 11.7 Å². The second-order valence-corrected chi connectivity index (χ2v) is 7.57. The number of piperidine rings is 1. The maximum Gasteiger partial charge on any atom is 0.338 e. The van der Waals surface area contributed by atoms with Crippen molar-refractivity contribution in [1.29, 1.82) is 0 Å². The van der Waals surface area contributed by atoms with Crippen molar-refractivity contribution in [3.63, 3.8) is 0 Å². The normalized spacial score (nSPS) is 20.1. The van der Waals surface area contributed by atoms with Crippen molar-refractivity contribution in [3.8, 4) is 5.75 Å². The maximum absolute atomic E-state index is 13.0. The number of urea groups is 1. The van der Waals surface area contributed by atoms with Crippen LogP contribution in [0.5, 0.6) is 5.75 Å². The van der Waals surface area contributed by atoms with Crippen molar-refractivity contribution >= 4 is 17.9 Å². The Morgan fingerprint density at radius 1 is 1.16 bits per heavy atom. The van der Waals surface area contributed by atoms with Gasteiger partial charge in [-0.15, -0.1) is 0 Å². The van der Waals surface area contributed by atoms with Gasteiger partial charge in [-0.2, -0.15) is 0 Å². The number of nitrogens with two attached hydrogens (primary N) is 1. The van der Waals surface area contributed by atoms with E-state index in [4.69, 9.17) is 15.2 Å². The van der Waals surface area contributed by atoms with E-state index in [-0.39, 0.29) is 18.4 Å². The second-order valence-electron chi connectivity index (χ2n) is 7.57. The molecule has 1 atom stereocenters. The molecule has 31 heavy (non-hydrogen) atoms. The Hall–Kier alpha value is -3.07. The number of amides is 3. The average molecular weight is 431 g/mol. The highest BCUT2D eigenvalue weighted by Crippen LogP contribution is 2.34. The van der Waals surface area contributed by atoms with Gasteiger partial charge >= 0.3 is 12.0 Å². The minimum absolute atomic E-state index is 0.136. The highest BCUT2D eigenvalue weighted by Gasteiger charge is 2.36. The largest absolute Gasteiger partial charge is 0.494 e. The highest BCUT2D eigenvalue weighted by molar-refractivity contribution is 5.95. The van der Waals surface area contributed by atoms with Gasteiger partial charge in [-0.3, -0.25) is 9.69 Å². The van der Waals surface area contributed by atoms with Crippen molar-refractivity contribution < 1.29 is 23.9 Å². The smallest absolute Gasteiger partial charge is 0.338 e. The summed E-state index contributed by atoms with van der Waals surface area (Å²) in [5.74, 6) is -0.314. The summed E-state index contributed by atoms with van der Waals surface area (Å²) in [6, 6.07) is 6.22. The Morgan fingerprint density at radius 3 is 2.52 bits per heavy atom. The van der Waals surface area contributed by atoms with E-state index in [9.17, 15) is 14.4 Å². The number of hydrogen-bond donors (Lipinski definition) is 3. The van der Waals surface area contributed by atoms with Gasteiger partial charge < -0.3 is 25.8 Å². The number of carbonyl (C=O) groups is 3. The third-order valence-corrected chi connectivity index (χ3v) is 5.55. The van der Waals surface area contributed by atoms with Gasteiger partial charge in [0, 0.05) is 23.7 Å². The van der Waals surface area contributed by atoms with Crippen LogP contribution in [0.2, 0.25) is 0 Å². The van der Waals surface area contributed by atoms with Crippen molar-refractivity contribution in [2.75, 3.05) is 32.8 Å². The molecular weight excluding hydrogens is 400 g/mol. The molecule has 1 saturated heterocycles. The van der Waals surface area contributed by atoms with Gasteiger partial charge in [0.15, 0.2) is 0 Å². The predicted octanol–water partition coefficient (Wildman–Crippen LogP) is 1.45. The lowest BCUT2D eigenvalue weighted by Gasteiger charge is -2.35. The van der Waals surface area contributed by atoms with Crippen molar-refractivity contribution in [1.82, 2.24) is 15.5 Å². The Labute approximate surface area is 181 Å². The molecule has 3 rings (SSSR count). The number of hydrogen-bond acceptors (Lipinski definition) is 6. The van der Waals surface area contributed by atoms with E-state index < -0.39 is 18.0 Å². The summed E-state index contributed by atoms with van der Waals surface area (Å²) in [5, 5.41) is 5.63. The SMILES string of the molecule is CCOC(=O)C1=C(CN2CCC(C(N)=O)CC2)NC(=O)N[C@H]1c1ccccc1OCC. The number of para-hydroxylation sites is 1. The first-order valence-corrected chi connectivity index (χ1v) is 10.7. The van der Waals surface area contributed by atoms with Crippen LogP contribution in [0.15, 0.2) is 35.5 Å². The first-order chi connectivity index (χ1) is 14.9. The van der Waals surface area contributed by atoms with Gasteiger partial charge in [-0.05, 0) is 45.8 Å². The minimum atomic E-state index is -0.700. The third-order valence-electron chi connectivity index (χ3n) is 5.55. The molecule has 0 aliphatic carbocycles. The topological polar surface area (TPSA) is 123 Å². The number of rotatable bonds is 8. The Kier molecular flexibility index (Phi) is 7.51. The molecule has 9 heteroatoms. The molecule has 0 bridgehead atoms. The Bertz CT molecular complexity index is 861. The fraction of sp³-hybridized carbons (Fsp3) is 0.500. The minimum Gasteiger partial charge on any atom is -0.494 e. The maximum atomic E-state index is 13.0. The number of benzene rings is 1. The van der Waals surface area contributed by atoms with E-state index >= 15 is 0 Å². The molecule has 2 heterocycles. The zero-order chi connectivity index (χ0) is 22.4. The molecular formula is C22H30N4O5. The van der Waals surface area contributed by atoms with Crippen molar-refractivity contribution in [2.45, 2.75) is 32.7 Å². The van der Waals surface area contributed by atoms with Gasteiger partial charge in [-0.25, -0.2) is 9.59 Å². The van der Waals surface area contributed by atoms with E-state index in [0.29, 0.717) is 61.7 Å². The fourth-order valence-corrected chi connectivity index (χ4v) is 4.03. The predicted molar refractivity (Wildman–Crippen MR) is 114 cm³/mol. The van der Waals surface area contributed by atoms with Crippen LogP contribution in [-0.2, 0) is 14.3 Å². The first-order valence-electron chi connectivity index (χ1n) is 10.7. The zero-order valence-electron chi connectivity index (χ0n) is 18.0. The summed E-state index contributed by atoms with van der Waals surface area (Å²) in [6.45, 7) is 5.95. The lowest BCUT2D eigenvalue weighted by Crippen LogP contribution is -2.49. The molecule has 1 aromatic rings. The summed E-state index contributed by atoms with van der Waals surface area (Å²) >= 11 is 0. The number of carbonyl (C=O) groups excluding carboxylic acids is 3. The number of esters is 1. The van der Waals surface area contributed by atoms with E-state index in [2.05, 4.69) is 15.5 Å². The Balaban J connectivity index is 1.94. The molecule has 1 fully saturated rings. The van der Waals surface area contributed by atoms with Gasteiger partial charge in [0.05, 0.1) is 24.8 Å². The molecule has 2 aliphatic heterocycles. The van der Waals surface area contributed by atoms with Crippen LogP contribution in [0.1, 0.15) is 38.3 Å². The lowest BCUT2D eigenvalue weighted by molar-refractivity contribution is -0.139. The number of nitrogens with zero attached hydrogens (tertiary/aromatic N) is 1. The van der Waals surface area contributed by atoms with Crippen LogP contribution >= 0.6 is 0 Å². The van der Waals surface area contributed by atoms with E-state index in [1.165, 1.54) is 0 Å². The summed E-state index contributed by atoms with van der Waals surface area (Å²) in [4.78, 5) is 39.0. The molecule has 0 radical (unpaired) electrons. The monoisotopic (exact) mass is 430 g/mol. The molecule has 3 amide bonds. The number of ether oxygens (including phenoxy) is 2. The molecule has 0 saturated carbocycles. The number of nitrogens with one attached hydrogen (secondary N) is 2. The molecule has 0 aromatic heterocycles. The number of likely N-dealkylation sites (tertiary alicyclic amines) is 1. The summed E-state index contributed by atoms with van der Waals surface area (Å²) in [7, 11) is 0. The van der Waals surface area contributed by atoms with Crippen LogP contribution in [0, 0.1) is 5.92 Å². The Morgan fingerprint density at radius 2 is 1.87 bits per heavy atom. The standard InChI is InChI=1S/C22H30N4O5/c1-3-30-17-8-6-5-7-15(17)19-18(21(28)31-4-2)16(24-22(29)25-19)13-26-11-9-14(10-12-26)20(23)27/h5-8,14,19H,3-4,9-13H2,1-2H3,(H2,23,27)(H2,24,25,29)/t19-/m0/s1. The van der Waals surface area contributed by atoms with Crippen molar-refractivity contribution in [3.05, 3.63) is 41.1 Å². The molecule has 0 spiro atoms. The van der Waals surface area contributed by atoms with Crippen LogP contribution in [0.25, 0.3) is 0 Å². The summed E-state index contributed by atoms with van der Waals surface area (Å²) in [5.41, 5.74) is 6.96. The molecule has 0 unspecified atom stereocenters. The van der Waals surface area contributed by atoms with Gasteiger partial charge in [0.1, 0.15) is 5.75 Å². The second kappa shape index (κ2) is 10.3. The summed E-state index contributed by atoms with van der Waals surface area (Å²) < 4.78 is 11.1. The van der Waals surface area contributed by atoms with Gasteiger partial charge in [0.25, 0.3) is 0 Å². The lowest BCUT2D eigenvalue weighted by atomic mass is 9.93. The van der Waals surface area contributed by atoms with Crippen LogP contribution in [0.3, 0.4) is 0 Å². The third kappa shape index (κ3) is 5.35. The molecule has 2 aliphatic rings. The van der Waals surface area contributed by atoms with Gasteiger partial charge in [-0.1, -0.05) is 18.2 Å². The van der Waals surface area contributed by atoms with Gasteiger partial charge in [0.2, 0.25) is 5.91 Å². The molecule has 9 nitrogen and oxygen atoms in total. The molecule has 4 N–H and O–H groups in total. The zero-order valence-corrected chi connectivity index (χ0v) is 18.0. The van der Waals surface area contributed by atoms with E-state index in [0.717, 1.165) is 0 Å². The van der Waals surface area contributed by atoms with E-state index in [1.54, 1.807) is 6.92 Å². The average Bonchev–Trinajstić information content (AvgIpc) is 2.74. The fourth-order valence-electron chi connectivity index (χ4n) is 4.03. The molecule has 1 aromatic carbocycles. The first kappa shape index (κ1) is 22.6. The van der Waals surface area contributed by atoms with Crippen LogP contribution in [-0.4, -0.2) is 55.7 Å². The van der Waals surface area contributed by atoms with Crippen LogP contribution in [0.4, 0.5) is 4.79 Å². The number of primary amides is 1. The molecule has 168 valence electrons. The summed E-state index contributed by atoms with van der Waals surface area (Å²) in [6.07, 6.45) is 1.31. The van der Waals surface area contributed by atoms with E-state index in [1.807, 2.05) is 31.2 Å². The quantitative estimate of drug-likeness (QED) is 0.537. The highest BCUT2D eigenvalue weighted by atomic mass is 16.5. The van der Waals surface area contributed by atoms with Crippen LogP contribution < -0.4 is 21.1 Å².